The average molecular weight is 463 g/mol. The summed E-state index contributed by atoms with van der Waals surface area (Å²) in [7, 11) is -3.52. The SMILES string of the molecule is O=C(CN1CCN(S(=O)(=O)c2ccccc2)CC1)Nc1cc(Cl)c(Cl)cc1Cl. The molecule has 3 rings (SSSR count). The lowest BCUT2D eigenvalue weighted by Gasteiger charge is -2.33. The summed E-state index contributed by atoms with van der Waals surface area (Å²) < 4.78 is 26.7. The van der Waals surface area contributed by atoms with Crippen LogP contribution in [-0.4, -0.2) is 56.3 Å². The molecule has 10 heteroatoms. The molecule has 1 heterocycles. The van der Waals surface area contributed by atoms with Crippen LogP contribution in [-0.2, 0) is 14.8 Å². The summed E-state index contributed by atoms with van der Waals surface area (Å²) in [4.78, 5) is 14.5. The molecule has 2 aromatic carbocycles. The second-order valence-corrected chi connectivity index (χ2v) is 9.45. The summed E-state index contributed by atoms with van der Waals surface area (Å²) in [5.41, 5.74) is 0.381. The molecule has 150 valence electrons. The van der Waals surface area contributed by atoms with Gasteiger partial charge in [0.15, 0.2) is 0 Å². The van der Waals surface area contributed by atoms with E-state index in [1.807, 2.05) is 4.90 Å². The van der Waals surface area contributed by atoms with E-state index in [2.05, 4.69) is 5.32 Å². The number of rotatable bonds is 5. The molecule has 0 atom stereocenters. The maximum absolute atomic E-state index is 12.6. The van der Waals surface area contributed by atoms with Crippen LogP contribution in [0.2, 0.25) is 15.1 Å². The predicted molar refractivity (Wildman–Crippen MR) is 112 cm³/mol. The number of halogens is 3. The number of hydrogen-bond donors (Lipinski definition) is 1. The van der Waals surface area contributed by atoms with Gasteiger partial charge in [0.05, 0.1) is 32.2 Å². The van der Waals surface area contributed by atoms with Crippen molar-refractivity contribution in [1.29, 1.82) is 0 Å². The highest BCUT2D eigenvalue weighted by Crippen LogP contribution is 2.32. The first kappa shape index (κ1) is 21.4. The van der Waals surface area contributed by atoms with E-state index in [4.69, 9.17) is 34.8 Å². The minimum absolute atomic E-state index is 0.121. The van der Waals surface area contributed by atoms with Crippen LogP contribution in [0.3, 0.4) is 0 Å². The van der Waals surface area contributed by atoms with Crippen LogP contribution in [0.1, 0.15) is 0 Å². The Bertz CT molecular complexity index is 963. The molecule has 0 saturated carbocycles. The molecular formula is C18H18Cl3N3O3S. The number of piperazine rings is 1. The van der Waals surface area contributed by atoms with Gasteiger partial charge in [0.2, 0.25) is 15.9 Å². The highest BCUT2D eigenvalue weighted by Gasteiger charge is 2.28. The second kappa shape index (κ2) is 8.98. The standard InChI is InChI=1S/C18H18Cl3N3O3S/c19-14-10-16(21)17(11-15(14)20)22-18(25)12-23-6-8-24(9-7-23)28(26,27)13-4-2-1-3-5-13/h1-5,10-11H,6-9,12H2,(H,22,25). The van der Waals surface area contributed by atoms with Gasteiger partial charge in [-0.25, -0.2) is 8.42 Å². The zero-order chi connectivity index (χ0) is 20.3. The third kappa shape index (κ3) is 4.97. The van der Waals surface area contributed by atoms with Crippen LogP contribution < -0.4 is 5.32 Å². The molecule has 2 aromatic rings. The third-order valence-electron chi connectivity index (χ3n) is 4.36. The number of nitrogens with zero attached hydrogens (tertiary/aromatic N) is 2. The van der Waals surface area contributed by atoms with Gasteiger partial charge in [-0.2, -0.15) is 4.31 Å². The van der Waals surface area contributed by atoms with Gasteiger partial charge >= 0.3 is 0 Å². The Labute approximate surface area is 179 Å². The summed E-state index contributed by atoms with van der Waals surface area (Å²) in [6.45, 7) is 1.66. The van der Waals surface area contributed by atoms with Gasteiger partial charge in [-0.1, -0.05) is 53.0 Å². The topological polar surface area (TPSA) is 69.7 Å². The molecule has 1 aliphatic rings. The monoisotopic (exact) mass is 461 g/mol. The van der Waals surface area contributed by atoms with E-state index in [9.17, 15) is 13.2 Å². The van der Waals surface area contributed by atoms with E-state index in [-0.39, 0.29) is 17.3 Å². The van der Waals surface area contributed by atoms with Crippen molar-refractivity contribution in [2.75, 3.05) is 38.0 Å². The van der Waals surface area contributed by atoms with Crippen LogP contribution in [0.4, 0.5) is 5.69 Å². The molecule has 0 aliphatic carbocycles. The molecule has 0 spiro atoms. The molecule has 0 radical (unpaired) electrons. The van der Waals surface area contributed by atoms with E-state index in [1.165, 1.54) is 16.4 Å². The summed E-state index contributed by atoms with van der Waals surface area (Å²) in [6, 6.07) is 11.3. The van der Waals surface area contributed by atoms with E-state index in [0.29, 0.717) is 46.9 Å². The van der Waals surface area contributed by atoms with E-state index in [1.54, 1.807) is 30.3 Å². The maximum atomic E-state index is 12.6. The quantitative estimate of drug-likeness (QED) is 0.690. The predicted octanol–water partition coefficient (Wildman–Crippen LogP) is 3.59. The Hall–Kier alpha value is -1.35. The van der Waals surface area contributed by atoms with Gasteiger partial charge in [-0.15, -0.1) is 0 Å². The van der Waals surface area contributed by atoms with Gasteiger partial charge in [0.1, 0.15) is 0 Å². The fourth-order valence-electron chi connectivity index (χ4n) is 2.88. The summed E-state index contributed by atoms with van der Waals surface area (Å²) in [5.74, 6) is -0.264. The fourth-order valence-corrected chi connectivity index (χ4v) is 4.92. The minimum atomic E-state index is -3.52. The molecule has 1 amide bonds. The zero-order valence-electron chi connectivity index (χ0n) is 14.7. The number of hydrogen-bond acceptors (Lipinski definition) is 4. The number of carbonyl (C=O) groups excluding carboxylic acids is 1. The number of carbonyl (C=O) groups is 1. The third-order valence-corrected chi connectivity index (χ3v) is 7.31. The van der Waals surface area contributed by atoms with Crippen molar-refractivity contribution in [2.24, 2.45) is 0 Å². The Morgan fingerprint density at radius 1 is 0.929 bits per heavy atom. The lowest BCUT2D eigenvalue weighted by atomic mass is 10.3. The second-order valence-electron chi connectivity index (χ2n) is 6.29. The average Bonchev–Trinajstić information content (AvgIpc) is 2.67. The zero-order valence-corrected chi connectivity index (χ0v) is 17.8. The molecule has 1 saturated heterocycles. The van der Waals surface area contributed by atoms with Crippen molar-refractivity contribution in [3.63, 3.8) is 0 Å². The fraction of sp³-hybridized carbons (Fsp3) is 0.278. The Morgan fingerprint density at radius 2 is 1.54 bits per heavy atom. The Balaban J connectivity index is 1.56. The molecule has 6 nitrogen and oxygen atoms in total. The van der Waals surface area contributed by atoms with Crippen molar-refractivity contribution in [3.8, 4) is 0 Å². The van der Waals surface area contributed by atoms with Crippen LogP contribution in [0, 0.1) is 0 Å². The molecule has 0 aromatic heterocycles. The van der Waals surface area contributed by atoms with Gasteiger partial charge in [0.25, 0.3) is 0 Å². The van der Waals surface area contributed by atoms with Crippen LogP contribution >= 0.6 is 34.8 Å². The normalized spacial score (nSPS) is 16.1. The summed E-state index contributed by atoms with van der Waals surface area (Å²) >= 11 is 17.9. The lowest BCUT2D eigenvalue weighted by Crippen LogP contribution is -2.50. The first-order chi connectivity index (χ1) is 13.3. The number of nitrogens with one attached hydrogen (secondary N) is 1. The molecule has 0 bridgehead atoms. The van der Waals surface area contributed by atoms with Crippen molar-refractivity contribution in [3.05, 3.63) is 57.5 Å². The van der Waals surface area contributed by atoms with Gasteiger partial charge < -0.3 is 5.32 Å². The summed E-state index contributed by atoms with van der Waals surface area (Å²) in [5, 5.41) is 3.60. The van der Waals surface area contributed by atoms with Crippen molar-refractivity contribution in [1.82, 2.24) is 9.21 Å². The van der Waals surface area contributed by atoms with E-state index in [0.717, 1.165) is 0 Å². The first-order valence-electron chi connectivity index (χ1n) is 8.49. The molecule has 0 unspecified atom stereocenters. The van der Waals surface area contributed by atoms with Crippen LogP contribution in [0.25, 0.3) is 0 Å². The Morgan fingerprint density at radius 3 is 2.18 bits per heavy atom. The molecule has 1 N–H and O–H groups in total. The van der Waals surface area contributed by atoms with Gasteiger partial charge in [-0.05, 0) is 24.3 Å². The number of anilines is 1. The first-order valence-corrected chi connectivity index (χ1v) is 11.1. The molecule has 28 heavy (non-hydrogen) atoms. The minimum Gasteiger partial charge on any atom is -0.324 e. The molecular weight excluding hydrogens is 445 g/mol. The van der Waals surface area contributed by atoms with Crippen molar-refractivity contribution in [2.45, 2.75) is 4.90 Å². The highest BCUT2D eigenvalue weighted by atomic mass is 35.5. The molecule has 1 fully saturated rings. The number of benzene rings is 2. The Kier molecular flexibility index (Phi) is 6.85. The lowest BCUT2D eigenvalue weighted by molar-refractivity contribution is -0.117. The van der Waals surface area contributed by atoms with Gasteiger partial charge in [0, 0.05) is 26.2 Å². The number of sulfonamides is 1. The van der Waals surface area contributed by atoms with Crippen LogP contribution in [0.5, 0.6) is 0 Å². The van der Waals surface area contributed by atoms with E-state index < -0.39 is 10.0 Å². The van der Waals surface area contributed by atoms with Gasteiger partial charge in [-0.3, -0.25) is 9.69 Å². The van der Waals surface area contributed by atoms with Crippen molar-refractivity contribution < 1.29 is 13.2 Å². The maximum Gasteiger partial charge on any atom is 0.243 e. The van der Waals surface area contributed by atoms with E-state index >= 15 is 0 Å². The largest absolute Gasteiger partial charge is 0.324 e. The smallest absolute Gasteiger partial charge is 0.243 e. The number of amides is 1. The van der Waals surface area contributed by atoms with Crippen LogP contribution in [0.15, 0.2) is 47.4 Å². The van der Waals surface area contributed by atoms with Crippen molar-refractivity contribution >= 4 is 56.4 Å². The molecule has 1 aliphatic heterocycles. The summed E-state index contributed by atoms with van der Waals surface area (Å²) in [6.07, 6.45) is 0. The highest BCUT2D eigenvalue weighted by molar-refractivity contribution is 7.89.